The van der Waals surface area contributed by atoms with Gasteiger partial charge in [0, 0.05) is 12.6 Å². The number of carbonyl (C=O) groups is 1. The molecule has 3 aromatic rings. The molecule has 0 heterocycles. The van der Waals surface area contributed by atoms with Gasteiger partial charge in [-0.25, -0.2) is 13.8 Å². The quantitative estimate of drug-likeness (QED) is 0.380. The van der Waals surface area contributed by atoms with Gasteiger partial charge in [-0.3, -0.25) is 4.79 Å². The highest BCUT2D eigenvalue weighted by Crippen LogP contribution is 2.37. The number of hydrogen-bond donors (Lipinski definition) is 1. The molecule has 3 rings (SSSR count). The fourth-order valence-corrected chi connectivity index (χ4v) is 4.35. The van der Waals surface area contributed by atoms with Crippen LogP contribution in [0.3, 0.4) is 0 Å². The molecule has 33 heavy (non-hydrogen) atoms. The molecule has 0 aliphatic heterocycles. The minimum absolute atomic E-state index is 0.109. The maximum absolute atomic E-state index is 12.9. The summed E-state index contributed by atoms with van der Waals surface area (Å²) in [4.78, 5) is 12.4. The van der Waals surface area contributed by atoms with Crippen molar-refractivity contribution in [3.63, 3.8) is 0 Å². The standard InChI is InChI=1S/C23H25N3O6S/c1-26(33(28,29)19-10-9-17-7-5-6-8-18(17)13-19)15-22(27)25-24-14-16-11-20(30-2)23(32-4)21(12-16)31-3/h5-14H,15H2,1-4H3,(H,25,27)/b24-14+. The van der Waals surface area contributed by atoms with Crippen LogP contribution in [0, 0.1) is 0 Å². The lowest BCUT2D eigenvalue weighted by atomic mass is 10.1. The van der Waals surface area contributed by atoms with Crippen LogP contribution in [0.1, 0.15) is 5.56 Å². The Bertz CT molecular complexity index is 1270. The van der Waals surface area contributed by atoms with Crippen molar-refractivity contribution in [3.05, 3.63) is 60.2 Å². The molecular weight excluding hydrogens is 446 g/mol. The molecule has 1 amide bonds. The average molecular weight is 472 g/mol. The summed E-state index contributed by atoms with van der Waals surface area (Å²) in [6.07, 6.45) is 1.39. The first-order valence-electron chi connectivity index (χ1n) is 9.87. The maximum Gasteiger partial charge on any atom is 0.255 e. The van der Waals surface area contributed by atoms with Crippen LogP contribution in [0.25, 0.3) is 10.8 Å². The fraction of sp³-hybridized carbons (Fsp3) is 0.217. The molecule has 0 aliphatic carbocycles. The van der Waals surface area contributed by atoms with Gasteiger partial charge in [0.15, 0.2) is 11.5 Å². The van der Waals surface area contributed by atoms with E-state index in [0.29, 0.717) is 22.8 Å². The minimum Gasteiger partial charge on any atom is -0.493 e. The summed E-state index contributed by atoms with van der Waals surface area (Å²) >= 11 is 0. The van der Waals surface area contributed by atoms with Crippen molar-refractivity contribution in [2.24, 2.45) is 5.10 Å². The Kier molecular flexibility index (Phi) is 7.52. The molecule has 0 saturated carbocycles. The summed E-state index contributed by atoms with van der Waals surface area (Å²) in [5, 5.41) is 5.62. The zero-order valence-electron chi connectivity index (χ0n) is 18.7. The van der Waals surface area contributed by atoms with E-state index in [4.69, 9.17) is 14.2 Å². The second-order valence-electron chi connectivity index (χ2n) is 7.02. The highest BCUT2D eigenvalue weighted by atomic mass is 32.2. The number of likely N-dealkylation sites (N-methyl/N-ethyl adjacent to an activating group) is 1. The van der Waals surface area contributed by atoms with Crippen molar-refractivity contribution >= 4 is 32.9 Å². The van der Waals surface area contributed by atoms with Crippen molar-refractivity contribution in [3.8, 4) is 17.2 Å². The third kappa shape index (κ3) is 5.41. The molecule has 0 aromatic heterocycles. The third-order valence-electron chi connectivity index (χ3n) is 4.89. The summed E-state index contributed by atoms with van der Waals surface area (Å²) in [7, 11) is 1.97. The lowest BCUT2D eigenvalue weighted by molar-refractivity contribution is -0.121. The average Bonchev–Trinajstić information content (AvgIpc) is 2.82. The number of hydrazone groups is 1. The van der Waals surface area contributed by atoms with E-state index in [1.165, 1.54) is 40.7 Å². The van der Waals surface area contributed by atoms with Gasteiger partial charge in [-0.1, -0.05) is 30.3 Å². The number of hydrogen-bond acceptors (Lipinski definition) is 7. The Morgan fingerprint density at radius 2 is 1.61 bits per heavy atom. The first-order chi connectivity index (χ1) is 15.8. The Morgan fingerprint density at radius 1 is 0.970 bits per heavy atom. The van der Waals surface area contributed by atoms with E-state index >= 15 is 0 Å². The molecule has 0 fully saturated rings. The Hall–Kier alpha value is -3.63. The molecular formula is C23H25N3O6S. The number of fused-ring (bicyclic) bond motifs is 1. The smallest absolute Gasteiger partial charge is 0.255 e. The van der Waals surface area contributed by atoms with Crippen LogP contribution in [0.4, 0.5) is 0 Å². The largest absolute Gasteiger partial charge is 0.493 e. The van der Waals surface area contributed by atoms with E-state index < -0.39 is 22.5 Å². The highest BCUT2D eigenvalue weighted by molar-refractivity contribution is 7.89. The van der Waals surface area contributed by atoms with Gasteiger partial charge in [0.2, 0.25) is 15.8 Å². The summed E-state index contributed by atoms with van der Waals surface area (Å²) < 4.78 is 42.5. The number of rotatable bonds is 9. The molecule has 0 radical (unpaired) electrons. The Morgan fingerprint density at radius 3 is 2.21 bits per heavy atom. The molecule has 3 aromatic carbocycles. The predicted molar refractivity (Wildman–Crippen MR) is 126 cm³/mol. The van der Waals surface area contributed by atoms with Gasteiger partial charge in [-0.15, -0.1) is 0 Å². The molecule has 174 valence electrons. The van der Waals surface area contributed by atoms with Gasteiger partial charge in [0.25, 0.3) is 5.91 Å². The predicted octanol–water partition coefficient (Wildman–Crippen LogP) is 2.64. The minimum atomic E-state index is -3.85. The van der Waals surface area contributed by atoms with Gasteiger partial charge in [-0.05, 0) is 35.0 Å². The topological polar surface area (TPSA) is 107 Å². The molecule has 10 heteroatoms. The second-order valence-corrected chi connectivity index (χ2v) is 9.07. The molecule has 0 aliphatic rings. The van der Waals surface area contributed by atoms with E-state index in [1.807, 2.05) is 24.3 Å². The van der Waals surface area contributed by atoms with E-state index in [1.54, 1.807) is 24.3 Å². The second kappa shape index (κ2) is 10.3. The number of nitrogens with zero attached hydrogens (tertiary/aromatic N) is 2. The lowest BCUT2D eigenvalue weighted by Crippen LogP contribution is -2.36. The summed E-state index contributed by atoms with van der Waals surface area (Å²) in [5.74, 6) is 0.712. The first kappa shape index (κ1) is 24.0. The summed E-state index contributed by atoms with van der Waals surface area (Å²) in [5.41, 5.74) is 2.92. The number of benzene rings is 3. The van der Waals surface area contributed by atoms with Crippen molar-refractivity contribution in [2.75, 3.05) is 34.9 Å². The monoisotopic (exact) mass is 471 g/mol. The Labute approximate surface area is 192 Å². The highest BCUT2D eigenvalue weighted by Gasteiger charge is 2.23. The molecule has 9 nitrogen and oxygen atoms in total. The van der Waals surface area contributed by atoms with Crippen LogP contribution < -0.4 is 19.6 Å². The molecule has 1 N–H and O–H groups in total. The molecule has 0 bridgehead atoms. The lowest BCUT2D eigenvalue weighted by Gasteiger charge is -2.16. The normalized spacial score (nSPS) is 11.7. The number of methoxy groups -OCH3 is 3. The number of amides is 1. The van der Waals surface area contributed by atoms with E-state index in [0.717, 1.165) is 15.1 Å². The van der Waals surface area contributed by atoms with Gasteiger partial charge >= 0.3 is 0 Å². The summed E-state index contributed by atoms with van der Waals surface area (Å²) in [6.45, 7) is -0.401. The van der Waals surface area contributed by atoms with Crippen molar-refractivity contribution in [1.29, 1.82) is 0 Å². The van der Waals surface area contributed by atoms with E-state index in [2.05, 4.69) is 10.5 Å². The van der Waals surface area contributed by atoms with Crippen molar-refractivity contribution < 1.29 is 27.4 Å². The van der Waals surface area contributed by atoms with Crippen LogP contribution >= 0.6 is 0 Å². The van der Waals surface area contributed by atoms with Crippen LogP contribution in [0.5, 0.6) is 17.2 Å². The number of carbonyl (C=O) groups excluding carboxylic acids is 1. The van der Waals surface area contributed by atoms with Crippen LogP contribution in [-0.2, 0) is 14.8 Å². The van der Waals surface area contributed by atoms with Crippen LogP contribution in [-0.4, -0.2) is 59.8 Å². The van der Waals surface area contributed by atoms with Gasteiger partial charge in [-0.2, -0.15) is 9.41 Å². The zero-order chi connectivity index (χ0) is 24.0. The molecule has 0 atom stereocenters. The maximum atomic E-state index is 12.9. The molecule has 0 unspecified atom stereocenters. The van der Waals surface area contributed by atoms with Crippen LogP contribution in [0.15, 0.2) is 64.6 Å². The Balaban J connectivity index is 1.68. The van der Waals surface area contributed by atoms with E-state index in [9.17, 15) is 13.2 Å². The number of ether oxygens (including phenoxy) is 3. The van der Waals surface area contributed by atoms with E-state index in [-0.39, 0.29) is 4.90 Å². The van der Waals surface area contributed by atoms with Gasteiger partial charge < -0.3 is 14.2 Å². The fourth-order valence-electron chi connectivity index (χ4n) is 3.19. The van der Waals surface area contributed by atoms with Crippen LogP contribution in [0.2, 0.25) is 0 Å². The summed E-state index contributed by atoms with van der Waals surface area (Å²) in [6, 6.07) is 15.6. The van der Waals surface area contributed by atoms with Crippen molar-refractivity contribution in [2.45, 2.75) is 4.90 Å². The van der Waals surface area contributed by atoms with Gasteiger partial charge in [0.1, 0.15) is 0 Å². The molecule has 0 saturated heterocycles. The first-order valence-corrected chi connectivity index (χ1v) is 11.3. The number of sulfonamides is 1. The third-order valence-corrected chi connectivity index (χ3v) is 6.68. The SMILES string of the molecule is COc1cc(/C=N/NC(=O)CN(C)S(=O)(=O)c2ccc3ccccc3c2)cc(OC)c1OC. The van der Waals surface area contributed by atoms with Crippen molar-refractivity contribution in [1.82, 2.24) is 9.73 Å². The number of nitrogens with one attached hydrogen (secondary N) is 1. The van der Waals surface area contributed by atoms with Gasteiger partial charge in [0.05, 0.1) is 39.0 Å². The zero-order valence-corrected chi connectivity index (χ0v) is 19.5. The molecule has 0 spiro atoms.